The second-order valence-corrected chi connectivity index (χ2v) is 15.3. The van der Waals surface area contributed by atoms with Crippen molar-refractivity contribution in [1.82, 2.24) is 25.8 Å². The van der Waals surface area contributed by atoms with Crippen LogP contribution in [-0.4, -0.2) is 84.4 Å². The number of hydrogen-bond donors (Lipinski definition) is 4. The van der Waals surface area contributed by atoms with Crippen molar-refractivity contribution in [1.29, 1.82) is 0 Å². The Balaban J connectivity index is 1.15. The lowest BCUT2D eigenvalue weighted by molar-refractivity contribution is -0.138. The molecule has 0 radical (unpaired) electrons. The van der Waals surface area contributed by atoms with E-state index in [0.717, 1.165) is 43.5 Å². The van der Waals surface area contributed by atoms with Gasteiger partial charge in [-0.15, -0.1) is 11.3 Å². The molecule has 4 atom stereocenters. The molecule has 1 spiro atoms. The maximum Gasteiger partial charge on any atom is 0.317 e. The first-order valence-corrected chi connectivity index (χ1v) is 18.5. The Kier molecular flexibility index (Phi) is 10.6. The first-order chi connectivity index (χ1) is 21.9. The van der Waals surface area contributed by atoms with Crippen molar-refractivity contribution in [3.8, 4) is 0 Å². The molecule has 1 aromatic rings. The van der Waals surface area contributed by atoms with Crippen LogP contribution >= 0.6 is 11.3 Å². The van der Waals surface area contributed by atoms with Crippen LogP contribution in [-0.2, 0) is 14.4 Å². The molecule has 10 nitrogen and oxygen atoms in total. The number of carbonyl (C=O) groups is 4. The number of thiophene rings is 1. The molecule has 5 fully saturated rings. The summed E-state index contributed by atoms with van der Waals surface area (Å²) in [5, 5.41) is 15.7. The summed E-state index contributed by atoms with van der Waals surface area (Å²) in [5.74, 6) is -0.0325. The second kappa shape index (κ2) is 14.8. The minimum Gasteiger partial charge on any atom is -0.356 e. The van der Waals surface area contributed by atoms with Gasteiger partial charge in [0.25, 0.3) is 0 Å². The van der Waals surface area contributed by atoms with E-state index in [-0.39, 0.29) is 36.3 Å². The Bertz CT molecular complexity index is 1160. The van der Waals surface area contributed by atoms with E-state index >= 15 is 0 Å². The summed E-state index contributed by atoms with van der Waals surface area (Å²) in [6, 6.07) is 3.29. The minimum atomic E-state index is -0.577. The number of amides is 5. The molecule has 1 aromatic heterocycles. The zero-order chi connectivity index (χ0) is 31.2. The van der Waals surface area contributed by atoms with Crippen molar-refractivity contribution in [3.63, 3.8) is 0 Å². The molecule has 11 heteroatoms. The van der Waals surface area contributed by atoms with Crippen LogP contribution in [0.5, 0.6) is 0 Å². The van der Waals surface area contributed by atoms with Gasteiger partial charge in [0.1, 0.15) is 0 Å². The summed E-state index contributed by atoms with van der Waals surface area (Å²) in [6.07, 6.45) is 15.8. The van der Waals surface area contributed by atoms with Crippen molar-refractivity contribution >= 4 is 40.1 Å². The minimum absolute atomic E-state index is 0.0460. The van der Waals surface area contributed by atoms with Gasteiger partial charge in [-0.2, -0.15) is 0 Å². The van der Waals surface area contributed by atoms with Gasteiger partial charge in [-0.05, 0) is 68.4 Å². The van der Waals surface area contributed by atoms with E-state index in [9.17, 15) is 19.2 Å². The predicted molar refractivity (Wildman–Crippen MR) is 176 cm³/mol. The van der Waals surface area contributed by atoms with Gasteiger partial charge in [0.2, 0.25) is 17.7 Å². The number of nitrogens with one attached hydrogen (secondary N) is 4. The largest absolute Gasteiger partial charge is 0.356 e. The van der Waals surface area contributed by atoms with Crippen LogP contribution in [0.2, 0.25) is 0 Å². The summed E-state index contributed by atoms with van der Waals surface area (Å²) in [6.45, 7) is 2.44. The third-order valence-electron chi connectivity index (χ3n) is 11.2. The fourth-order valence-electron chi connectivity index (χ4n) is 8.59. The molecule has 4 N–H and O–H groups in total. The van der Waals surface area contributed by atoms with E-state index in [1.807, 2.05) is 22.4 Å². The molecule has 1 unspecified atom stereocenters. The first kappa shape index (κ1) is 32.3. The third-order valence-corrected chi connectivity index (χ3v) is 12.0. The number of hydrogen-bond acceptors (Lipinski definition) is 6. The number of anilines is 1. The Morgan fingerprint density at radius 3 is 2.44 bits per heavy atom. The Hall–Kier alpha value is -2.66. The molecule has 5 amide bonds. The van der Waals surface area contributed by atoms with Crippen molar-refractivity contribution in [3.05, 3.63) is 17.5 Å². The van der Waals surface area contributed by atoms with Gasteiger partial charge in [0.15, 0.2) is 0 Å². The van der Waals surface area contributed by atoms with Crippen LogP contribution in [0.15, 0.2) is 17.5 Å². The Morgan fingerprint density at radius 2 is 1.73 bits per heavy atom. The highest BCUT2D eigenvalue weighted by molar-refractivity contribution is 7.14. The molecule has 0 aromatic carbocycles. The Morgan fingerprint density at radius 1 is 0.956 bits per heavy atom. The normalized spacial score (nSPS) is 28.9. The van der Waals surface area contributed by atoms with Gasteiger partial charge < -0.3 is 31.1 Å². The van der Waals surface area contributed by atoms with E-state index in [1.165, 1.54) is 62.7 Å². The van der Waals surface area contributed by atoms with Gasteiger partial charge in [0, 0.05) is 44.8 Å². The summed E-state index contributed by atoms with van der Waals surface area (Å²) in [4.78, 5) is 58.0. The molecule has 248 valence electrons. The monoisotopic (exact) mass is 640 g/mol. The molecule has 2 saturated carbocycles. The molecular formula is C34H52N6O4S. The standard InChI is InChI=1S/C34H52N6O4S/c41-30(38-29-13-7-20-45-29)26-22-39(31(42)28(21-24-9-3-1-4-10-24)36-25-11-5-2-6-12-25)19-14-27(26)37-33(44)40-18-8-15-34(23-40)16-17-35-32(34)43/h7,13,20,24-28,36H,1-6,8-12,14-19,21-23H2,(H,35,43)(H,37,44)(H,38,41)/t26-,27+,28+,34?/m0/s1. The molecule has 0 bridgehead atoms. The number of rotatable bonds is 8. The van der Waals surface area contributed by atoms with E-state index in [0.29, 0.717) is 44.6 Å². The second-order valence-electron chi connectivity index (χ2n) is 14.3. The number of nitrogens with zero attached hydrogens (tertiary/aromatic N) is 2. The molecule has 6 rings (SSSR count). The fraction of sp³-hybridized carbons (Fsp3) is 0.765. The summed E-state index contributed by atoms with van der Waals surface area (Å²) in [5.41, 5.74) is -0.500. The maximum absolute atomic E-state index is 14.3. The van der Waals surface area contributed by atoms with Gasteiger partial charge in [-0.3, -0.25) is 14.4 Å². The topological polar surface area (TPSA) is 123 Å². The lowest BCUT2D eigenvalue weighted by atomic mass is 9.78. The van der Waals surface area contributed by atoms with Crippen LogP contribution in [0.1, 0.15) is 96.3 Å². The number of carbonyl (C=O) groups excluding carboxylic acids is 4. The van der Waals surface area contributed by atoms with E-state index in [4.69, 9.17) is 0 Å². The number of urea groups is 1. The molecule has 3 aliphatic heterocycles. The lowest BCUT2D eigenvalue weighted by Gasteiger charge is -2.42. The van der Waals surface area contributed by atoms with Crippen LogP contribution < -0.4 is 21.3 Å². The highest BCUT2D eigenvalue weighted by Gasteiger charge is 2.47. The van der Waals surface area contributed by atoms with E-state index < -0.39 is 17.4 Å². The summed E-state index contributed by atoms with van der Waals surface area (Å²) >= 11 is 1.46. The Labute approximate surface area is 271 Å². The molecule has 5 aliphatic rings. The van der Waals surface area contributed by atoms with Crippen LogP contribution in [0, 0.1) is 17.3 Å². The van der Waals surface area contributed by atoms with Crippen LogP contribution in [0.3, 0.4) is 0 Å². The fourth-order valence-corrected chi connectivity index (χ4v) is 9.21. The van der Waals surface area contributed by atoms with E-state index in [1.54, 1.807) is 4.90 Å². The predicted octanol–water partition coefficient (Wildman–Crippen LogP) is 4.48. The lowest BCUT2D eigenvalue weighted by Crippen LogP contribution is -2.61. The maximum atomic E-state index is 14.3. The highest BCUT2D eigenvalue weighted by Crippen LogP contribution is 2.37. The van der Waals surface area contributed by atoms with Crippen molar-refractivity contribution in [2.75, 3.05) is 38.0 Å². The quantitative estimate of drug-likeness (QED) is 0.334. The van der Waals surface area contributed by atoms with Crippen LogP contribution in [0.25, 0.3) is 0 Å². The number of piperidine rings is 2. The van der Waals surface area contributed by atoms with Gasteiger partial charge in [-0.1, -0.05) is 51.4 Å². The van der Waals surface area contributed by atoms with Crippen molar-refractivity contribution < 1.29 is 19.2 Å². The van der Waals surface area contributed by atoms with Crippen molar-refractivity contribution in [2.24, 2.45) is 17.3 Å². The van der Waals surface area contributed by atoms with Gasteiger partial charge in [-0.25, -0.2) is 4.79 Å². The third kappa shape index (κ3) is 7.84. The smallest absolute Gasteiger partial charge is 0.317 e. The highest BCUT2D eigenvalue weighted by atomic mass is 32.1. The summed E-state index contributed by atoms with van der Waals surface area (Å²) in [7, 11) is 0. The van der Waals surface area contributed by atoms with E-state index in [2.05, 4.69) is 21.3 Å². The SMILES string of the molecule is O=C(Nc1cccs1)[C@H]1CN(C(=O)[C@@H](CC2CCCCC2)NC2CCCCC2)CC[C@H]1NC(=O)N1CCCC2(CCNC2=O)C1. The molecule has 45 heavy (non-hydrogen) atoms. The van der Waals surface area contributed by atoms with Crippen molar-refractivity contribution in [2.45, 2.75) is 114 Å². The molecule has 2 aliphatic carbocycles. The first-order valence-electron chi connectivity index (χ1n) is 17.6. The van der Waals surface area contributed by atoms with Crippen LogP contribution in [0.4, 0.5) is 9.80 Å². The molecule has 3 saturated heterocycles. The zero-order valence-corrected chi connectivity index (χ0v) is 27.5. The zero-order valence-electron chi connectivity index (χ0n) is 26.7. The van der Waals surface area contributed by atoms with Gasteiger partial charge >= 0.3 is 6.03 Å². The summed E-state index contributed by atoms with van der Waals surface area (Å²) < 4.78 is 0. The molecule has 4 heterocycles. The molecular weight excluding hydrogens is 588 g/mol. The number of likely N-dealkylation sites (tertiary alicyclic amines) is 2. The van der Waals surface area contributed by atoms with Gasteiger partial charge in [0.05, 0.1) is 22.4 Å². The average molecular weight is 641 g/mol. The average Bonchev–Trinajstić information content (AvgIpc) is 3.70.